The molecule has 4 nitrogen and oxygen atoms in total. The normalized spacial score (nSPS) is 11.9. The van der Waals surface area contributed by atoms with Gasteiger partial charge in [0.25, 0.3) is 0 Å². The Balaban J connectivity index is 2.15. The van der Waals surface area contributed by atoms with Crippen LogP contribution in [0, 0.1) is 0 Å². The molecule has 0 spiro atoms. The second-order valence-corrected chi connectivity index (χ2v) is 4.18. The average molecular weight is 279 g/mol. The molecule has 1 N–H and O–H groups in total. The van der Waals surface area contributed by atoms with Gasteiger partial charge in [0.15, 0.2) is 5.65 Å². The lowest BCUT2D eigenvalue weighted by Crippen LogP contribution is -2.04. The van der Waals surface area contributed by atoms with Crippen molar-refractivity contribution in [1.82, 2.24) is 14.6 Å². The molecule has 0 saturated carbocycles. The van der Waals surface area contributed by atoms with Crippen LogP contribution in [0.4, 0.5) is 13.2 Å². The third-order valence-electron chi connectivity index (χ3n) is 2.83. The van der Waals surface area contributed by atoms with Crippen molar-refractivity contribution in [2.75, 3.05) is 0 Å². The Bertz CT molecular complexity index is 780. The Kier molecular flexibility index (Phi) is 2.63. The van der Waals surface area contributed by atoms with Crippen LogP contribution in [-0.2, 0) is 6.18 Å². The number of hydrogen-bond acceptors (Lipinski definition) is 3. The Morgan fingerprint density at radius 1 is 1.10 bits per heavy atom. The molecule has 2 aromatic heterocycles. The van der Waals surface area contributed by atoms with Crippen LogP contribution in [0.3, 0.4) is 0 Å². The Morgan fingerprint density at radius 2 is 1.90 bits per heavy atom. The van der Waals surface area contributed by atoms with E-state index >= 15 is 0 Å². The summed E-state index contributed by atoms with van der Waals surface area (Å²) in [4.78, 5) is 4.16. The average Bonchev–Trinajstić information content (AvgIpc) is 2.87. The molecule has 7 heteroatoms. The lowest BCUT2D eigenvalue weighted by Gasteiger charge is -2.09. The van der Waals surface area contributed by atoms with E-state index in [1.165, 1.54) is 28.9 Å². The molecule has 0 saturated heterocycles. The van der Waals surface area contributed by atoms with Crippen LogP contribution in [0.25, 0.3) is 16.9 Å². The molecular weight excluding hydrogens is 271 g/mol. The van der Waals surface area contributed by atoms with Gasteiger partial charge in [0, 0.05) is 17.7 Å². The molecule has 1 aromatic carbocycles. The fourth-order valence-corrected chi connectivity index (χ4v) is 1.90. The summed E-state index contributed by atoms with van der Waals surface area (Å²) in [6.07, 6.45) is -2.98. The Morgan fingerprint density at radius 3 is 2.65 bits per heavy atom. The van der Waals surface area contributed by atoms with E-state index in [2.05, 4.69) is 10.1 Å². The van der Waals surface area contributed by atoms with Crippen molar-refractivity contribution < 1.29 is 18.3 Å². The van der Waals surface area contributed by atoms with Crippen molar-refractivity contribution in [3.63, 3.8) is 0 Å². The number of alkyl halides is 3. The summed E-state index contributed by atoms with van der Waals surface area (Å²) >= 11 is 0. The van der Waals surface area contributed by atoms with Crippen molar-refractivity contribution in [3.8, 4) is 17.1 Å². The SMILES string of the molecule is Oc1cc(-c2cccc(C(F)(F)F)c2)nc2ccnn12. The van der Waals surface area contributed by atoms with Gasteiger partial charge in [-0.1, -0.05) is 12.1 Å². The number of fused-ring (bicyclic) bond motifs is 1. The number of aromatic hydroxyl groups is 1. The highest BCUT2D eigenvalue weighted by atomic mass is 19.4. The van der Waals surface area contributed by atoms with Gasteiger partial charge in [-0.15, -0.1) is 0 Å². The van der Waals surface area contributed by atoms with Gasteiger partial charge in [0.2, 0.25) is 5.88 Å². The first-order valence-corrected chi connectivity index (χ1v) is 5.66. The van der Waals surface area contributed by atoms with E-state index in [1.807, 2.05) is 0 Å². The van der Waals surface area contributed by atoms with Crippen LogP contribution < -0.4 is 0 Å². The minimum absolute atomic E-state index is 0.188. The molecule has 102 valence electrons. The molecule has 0 unspecified atom stereocenters. The Hall–Kier alpha value is -2.57. The minimum Gasteiger partial charge on any atom is -0.493 e. The van der Waals surface area contributed by atoms with Gasteiger partial charge >= 0.3 is 6.18 Å². The first-order chi connectivity index (χ1) is 9.45. The number of nitrogens with zero attached hydrogens (tertiary/aromatic N) is 3. The quantitative estimate of drug-likeness (QED) is 0.744. The molecule has 0 radical (unpaired) electrons. The van der Waals surface area contributed by atoms with Crippen LogP contribution in [0.5, 0.6) is 5.88 Å². The zero-order valence-electron chi connectivity index (χ0n) is 9.96. The minimum atomic E-state index is -4.42. The molecule has 0 atom stereocenters. The maximum absolute atomic E-state index is 12.7. The summed E-state index contributed by atoms with van der Waals surface area (Å²) in [7, 11) is 0. The van der Waals surface area contributed by atoms with E-state index in [-0.39, 0.29) is 17.1 Å². The van der Waals surface area contributed by atoms with Gasteiger partial charge in [-0.05, 0) is 12.1 Å². The standard InChI is InChI=1S/C13H8F3N3O/c14-13(15,16)9-3-1-2-8(6-9)10-7-12(20)19-11(18-10)4-5-17-19/h1-7,20H. The number of halogens is 3. The topological polar surface area (TPSA) is 50.4 Å². The van der Waals surface area contributed by atoms with E-state index in [0.29, 0.717) is 5.65 Å². The second kappa shape index (κ2) is 4.22. The first kappa shape index (κ1) is 12.5. The highest BCUT2D eigenvalue weighted by Crippen LogP contribution is 2.32. The summed E-state index contributed by atoms with van der Waals surface area (Å²) in [5, 5.41) is 13.6. The van der Waals surface area contributed by atoms with Crippen molar-refractivity contribution in [3.05, 3.63) is 48.2 Å². The fraction of sp³-hybridized carbons (Fsp3) is 0.0769. The highest BCUT2D eigenvalue weighted by Gasteiger charge is 2.30. The maximum atomic E-state index is 12.7. The summed E-state index contributed by atoms with van der Waals surface area (Å²) in [5.74, 6) is -0.188. The first-order valence-electron chi connectivity index (χ1n) is 5.66. The van der Waals surface area contributed by atoms with E-state index in [0.717, 1.165) is 12.1 Å². The predicted octanol–water partition coefficient (Wildman–Crippen LogP) is 3.12. The molecule has 3 rings (SSSR count). The van der Waals surface area contributed by atoms with Gasteiger partial charge in [-0.3, -0.25) is 0 Å². The molecule has 3 aromatic rings. The van der Waals surface area contributed by atoms with Crippen molar-refractivity contribution in [1.29, 1.82) is 0 Å². The van der Waals surface area contributed by atoms with Gasteiger partial charge in [0.05, 0.1) is 17.5 Å². The molecule has 0 aliphatic heterocycles. The molecule has 20 heavy (non-hydrogen) atoms. The van der Waals surface area contributed by atoms with Crippen molar-refractivity contribution >= 4 is 5.65 Å². The zero-order valence-corrected chi connectivity index (χ0v) is 9.96. The molecule has 0 aliphatic rings. The smallest absolute Gasteiger partial charge is 0.416 e. The molecule has 2 heterocycles. The summed E-state index contributed by atoms with van der Waals surface area (Å²) in [6, 6.07) is 7.61. The largest absolute Gasteiger partial charge is 0.493 e. The van der Waals surface area contributed by atoms with E-state index in [1.54, 1.807) is 6.07 Å². The van der Waals surface area contributed by atoms with Gasteiger partial charge < -0.3 is 5.11 Å². The van der Waals surface area contributed by atoms with Gasteiger partial charge in [-0.2, -0.15) is 22.8 Å². The number of rotatable bonds is 1. The van der Waals surface area contributed by atoms with E-state index < -0.39 is 11.7 Å². The summed E-state index contributed by atoms with van der Waals surface area (Å²) < 4.78 is 39.2. The van der Waals surface area contributed by atoms with Crippen LogP contribution in [0.2, 0.25) is 0 Å². The number of benzene rings is 1. The molecule has 0 aliphatic carbocycles. The van der Waals surface area contributed by atoms with Crippen LogP contribution in [0.1, 0.15) is 5.56 Å². The highest BCUT2D eigenvalue weighted by molar-refractivity contribution is 5.64. The maximum Gasteiger partial charge on any atom is 0.416 e. The summed E-state index contributed by atoms with van der Waals surface area (Å²) in [5.41, 5.74) is 0.127. The lowest BCUT2D eigenvalue weighted by atomic mass is 10.1. The van der Waals surface area contributed by atoms with Crippen LogP contribution >= 0.6 is 0 Å². The monoisotopic (exact) mass is 279 g/mol. The molecule has 0 amide bonds. The van der Waals surface area contributed by atoms with Gasteiger partial charge in [0.1, 0.15) is 0 Å². The Labute approximate surface area is 111 Å². The van der Waals surface area contributed by atoms with E-state index in [4.69, 9.17) is 0 Å². The third kappa shape index (κ3) is 2.07. The van der Waals surface area contributed by atoms with Gasteiger partial charge in [-0.25, -0.2) is 4.98 Å². The molecule has 0 fully saturated rings. The molecular formula is C13H8F3N3O. The fourth-order valence-electron chi connectivity index (χ4n) is 1.90. The van der Waals surface area contributed by atoms with Crippen molar-refractivity contribution in [2.24, 2.45) is 0 Å². The molecule has 0 bridgehead atoms. The van der Waals surface area contributed by atoms with Crippen LogP contribution in [-0.4, -0.2) is 19.7 Å². The second-order valence-electron chi connectivity index (χ2n) is 4.18. The van der Waals surface area contributed by atoms with Crippen LogP contribution in [0.15, 0.2) is 42.6 Å². The van der Waals surface area contributed by atoms with Crippen molar-refractivity contribution in [2.45, 2.75) is 6.18 Å². The third-order valence-corrected chi connectivity index (χ3v) is 2.83. The van der Waals surface area contributed by atoms with E-state index in [9.17, 15) is 18.3 Å². The summed E-state index contributed by atoms with van der Waals surface area (Å²) in [6.45, 7) is 0. The predicted molar refractivity (Wildman–Crippen MR) is 65.1 cm³/mol. The number of aromatic nitrogens is 3. The lowest BCUT2D eigenvalue weighted by molar-refractivity contribution is -0.137. The number of hydrogen-bond donors (Lipinski definition) is 1. The zero-order chi connectivity index (χ0) is 14.3.